The number of carbonyl (C=O) groups is 1. The molecule has 1 aliphatic carbocycles. The summed E-state index contributed by atoms with van der Waals surface area (Å²) >= 11 is 5.95. The van der Waals surface area contributed by atoms with Crippen LogP contribution in [-0.4, -0.2) is 10.9 Å². The monoisotopic (exact) mass is 425 g/mol. The lowest BCUT2D eigenvalue weighted by molar-refractivity contribution is -0.121. The number of hydrogen-bond acceptors (Lipinski definition) is 3. The molecule has 0 radical (unpaired) electrons. The number of amides is 1. The van der Waals surface area contributed by atoms with Crippen LogP contribution in [-0.2, 0) is 4.79 Å². The predicted octanol–water partition coefficient (Wildman–Crippen LogP) is 6.16. The molecule has 3 N–H and O–H groups in total. The Bertz CT molecular complexity index is 1080. The SMILES string of the molecule is C[C@@H](C(=O)Nc1ccc(Cl)c(N)c1)[C@H]1CC[C@@H](c2ccnc3ccc(F)cc32)CC1. The van der Waals surface area contributed by atoms with Gasteiger partial charge in [0.15, 0.2) is 0 Å². The molecule has 1 fully saturated rings. The minimum Gasteiger partial charge on any atom is -0.397 e. The number of hydrogen-bond donors (Lipinski definition) is 2. The molecule has 0 aliphatic heterocycles. The van der Waals surface area contributed by atoms with E-state index in [9.17, 15) is 9.18 Å². The smallest absolute Gasteiger partial charge is 0.227 e. The lowest BCUT2D eigenvalue weighted by Gasteiger charge is -2.32. The van der Waals surface area contributed by atoms with Gasteiger partial charge in [-0.25, -0.2) is 4.39 Å². The summed E-state index contributed by atoms with van der Waals surface area (Å²) in [5.41, 5.74) is 8.92. The Morgan fingerprint density at radius 2 is 1.93 bits per heavy atom. The minimum atomic E-state index is -0.237. The number of pyridine rings is 1. The van der Waals surface area contributed by atoms with E-state index in [1.807, 2.05) is 13.0 Å². The number of nitrogens with two attached hydrogens (primary N) is 1. The van der Waals surface area contributed by atoms with Gasteiger partial charge in [0.25, 0.3) is 0 Å². The second-order valence-electron chi connectivity index (χ2n) is 8.19. The lowest BCUT2D eigenvalue weighted by Crippen LogP contribution is -2.29. The maximum Gasteiger partial charge on any atom is 0.227 e. The number of nitrogens with zero attached hydrogens (tertiary/aromatic N) is 1. The average molecular weight is 426 g/mol. The van der Waals surface area contributed by atoms with E-state index in [1.54, 1.807) is 36.5 Å². The van der Waals surface area contributed by atoms with Gasteiger partial charge in [0.1, 0.15) is 5.82 Å². The molecular formula is C24H25ClFN3O. The largest absolute Gasteiger partial charge is 0.397 e. The Hall–Kier alpha value is -2.66. The van der Waals surface area contributed by atoms with E-state index < -0.39 is 0 Å². The summed E-state index contributed by atoms with van der Waals surface area (Å²) in [5, 5.41) is 4.32. The highest BCUT2D eigenvalue weighted by molar-refractivity contribution is 6.33. The first-order valence-electron chi connectivity index (χ1n) is 10.3. The van der Waals surface area contributed by atoms with Crippen molar-refractivity contribution in [3.05, 3.63) is 65.1 Å². The van der Waals surface area contributed by atoms with Gasteiger partial charge >= 0.3 is 0 Å². The Labute approximate surface area is 180 Å². The molecule has 1 atom stereocenters. The molecular weight excluding hydrogens is 401 g/mol. The first-order valence-corrected chi connectivity index (χ1v) is 10.7. The standard InChI is InChI=1S/C24H25ClFN3O/c1-14(24(30)29-18-7-8-21(25)22(27)13-18)15-2-4-16(5-3-15)19-10-11-28-23-9-6-17(26)12-20(19)23/h6-16H,2-5,27H2,1H3,(H,29,30)/t14-,15-,16+/m1/s1. The summed E-state index contributed by atoms with van der Waals surface area (Å²) in [6.07, 6.45) is 5.68. The highest BCUT2D eigenvalue weighted by atomic mass is 35.5. The van der Waals surface area contributed by atoms with E-state index in [0.29, 0.717) is 28.2 Å². The molecule has 4 rings (SSSR count). The minimum absolute atomic E-state index is 0.00314. The predicted molar refractivity (Wildman–Crippen MR) is 120 cm³/mol. The molecule has 0 bridgehead atoms. The number of halogens is 2. The number of fused-ring (bicyclic) bond motifs is 1. The van der Waals surface area contributed by atoms with Crippen LogP contribution in [0.1, 0.15) is 44.1 Å². The van der Waals surface area contributed by atoms with Gasteiger partial charge < -0.3 is 11.1 Å². The van der Waals surface area contributed by atoms with Gasteiger partial charge in [0.05, 0.1) is 16.2 Å². The van der Waals surface area contributed by atoms with Crippen molar-refractivity contribution in [2.45, 2.75) is 38.5 Å². The Morgan fingerprint density at radius 3 is 2.67 bits per heavy atom. The van der Waals surface area contributed by atoms with E-state index in [2.05, 4.69) is 10.3 Å². The molecule has 6 heteroatoms. The van der Waals surface area contributed by atoms with Gasteiger partial charge in [-0.1, -0.05) is 18.5 Å². The van der Waals surface area contributed by atoms with Crippen molar-refractivity contribution in [3.8, 4) is 0 Å². The fraction of sp³-hybridized carbons (Fsp3) is 0.333. The van der Waals surface area contributed by atoms with Gasteiger partial charge in [-0.05, 0) is 85.5 Å². The highest BCUT2D eigenvalue weighted by Gasteiger charge is 2.30. The molecule has 30 heavy (non-hydrogen) atoms. The molecule has 0 unspecified atom stereocenters. The van der Waals surface area contributed by atoms with Crippen molar-refractivity contribution in [1.29, 1.82) is 0 Å². The summed E-state index contributed by atoms with van der Waals surface area (Å²) in [7, 11) is 0. The molecule has 1 aromatic heterocycles. The van der Waals surface area contributed by atoms with Crippen molar-refractivity contribution in [2.24, 2.45) is 11.8 Å². The fourth-order valence-electron chi connectivity index (χ4n) is 4.52. The van der Waals surface area contributed by atoms with Crippen LogP contribution in [0.2, 0.25) is 5.02 Å². The number of anilines is 2. The molecule has 4 nitrogen and oxygen atoms in total. The fourth-order valence-corrected chi connectivity index (χ4v) is 4.64. The molecule has 1 heterocycles. The Kier molecular flexibility index (Phi) is 5.91. The third-order valence-corrected chi connectivity index (χ3v) is 6.68. The van der Waals surface area contributed by atoms with E-state index in [-0.39, 0.29) is 17.6 Å². The number of benzene rings is 2. The zero-order valence-electron chi connectivity index (χ0n) is 16.9. The summed E-state index contributed by atoms with van der Waals surface area (Å²) in [4.78, 5) is 17.1. The first kappa shape index (κ1) is 20.6. The van der Waals surface area contributed by atoms with Crippen molar-refractivity contribution in [3.63, 3.8) is 0 Å². The van der Waals surface area contributed by atoms with Crippen LogP contribution in [0.5, 0.6) is 0 Å². The van der Waals surface area contributed by atoms with Crippen LogP contribution >= 0.6 is 11.6 Å². The van der Waals surface area contributed by atoms with Crippen molar-refractivity contribution >= 4 is 39.8 Å². The number of rotatable bonds is 4. The van der Waals surface area contributed by atoms with Crippen LogP contribution in [0.3, 0.4) is 0 Å². The zero-order chi connectivity index (χ0) is 21.3. The molecule has 1 amide bonds. The van der Waals surface area contributed by atoms with Crippen LogP contribution in [0.25, 0.3) is 10.9 Å². The quantitative estimate of drug-likeness (QED) is 0.492. The van der Waals surface area contributed by atoms with E-state index >= 15 is 0 Å². The van der Waals surface area contributed by atoms with E-state index in [4.69, 9.17) is 17.3 Å². The zero-order valence-corrected chi connectivity index (χ0v) is 17.6. The molecule has 1 aliphatic rings. The Morgan fingerprint density at radius 1 is 1.17 bits per heavy atom. The lowest BCUT2D eigenvalue weighted by atomic mass is 9.73. The second kappa shape index (κ2) is 8.60. The first-order chi connectivity index (χ1) is 14.4. The number of nitrogens with one attached hydrogen (secondary N) is 1. The van der Waals surface area contributed by atoms with Crippen LogP contribution in [0.15, 0.2) is 48.7 Å². The van der Waals surface area contributed by atoms with Crippen molar-refractivity contribution in [1.82, 2.24) is 4.98 Å². The number of nitrogen functional groups attached to an aromatic ring is 1. The number of carbonyl (C=O) groups excluding carboxylic acids is 1. The summed E-state index contributed by atoms with van der Waals surface area (Å²) in [6.45, 7) is 1.98. The molecule has 2 aromatic carbocycles. The summed E-state index contributed by atoms with van der Waals surface area (Å²) < 4.78 is 13.8. The van der Waals surface area contributed by atoms with Gasteiger partial charge in [0.2, 0.25) is 5.91 Å². The second-order valence-corrected chi connectivity index (χ2v) is 8.59. The summed E-state index contributed by atoms with van der Waals surface area (Å²) in [5.74, 6) is 0.334. The van der Waals surface area contributed by atoms with Gasteiger partial charge in [-0.3, -0.25) is 9.78 Å². The van der Waals surface area contributed by atoms with Crippen LogP contribution < -0.4 is 11.1 Å². The van der Waals surface area contributed by atoms with E-state index in [1.165, 1.54) is 6.07 Å². The third kappa shape index (κ3) is 4.26. The molecule has 0 saturated heterocycles. The molecule has 1 saturated carbocycles. The molecule has 0 spiro atoms. The van der Waals surface area contributed by atoms with Crippen LogP contribution in [0.4, 0.5) is 15.8 Å². The molecule has 3 aromatic rings. The van der Waals surface area contributed by atoms with Crippen LogP contribution in [0, 0.1) is 17.7 Å². The molecule has 156 valence electrons. The third-order valence-electron chi connectivity index (χ3n) is 6.33. The summed E-state index contributed by atoms with van der Waals surface area (Å²) in [6, 6.07) is 11.9. The normalized spacial score (nSPS) is 20.1. The van der Waals surface area contributed by atoms with E-state index in [0.717, 1.165) is 42.1 Å². The average Bonchev–Trinajstić information content (AvgIpc) is 2.75. The topological polar surface area (TPSA) is 68.0 Å². The Balaban J connectivity index is 1.41. The van der Waals surface area contributed by atoms with Crippen molar-refractivity contribution in [2.75, 3.05) is 11.1 Å². The van der Waals surface area contributed by atoms with Crippen molar-refractivity contribution < 1.29 is 9.18 Å². The maximum absolute atomic E-state index is 13.8. The highest BCUT2D eigenvalue weighted by Crippen LogP contribution is 2.41. The maximum atomic E-state index is 13.8. The van der Waals surface area contributed by atoms with Gasteiger partial charge in [-0.2, -0.15) is 0 Å². The number of aromatic nitrogens is 1. The van der Waals surface area contributed by atoms with Gasteiger partial charge in [-0.15, -0.1) is 0 Å². The van der Waals surface area contributed by atoms with Gasteiger partial charge in [0, 0.05) is 23.2 Å².